The molecule has 1 aromatic carbocycles. The number of ether oxygens (including phenoxy) is 1. The fourth-order valence-electron chi connectivity index (χ4n) is 2.42. The second-order valence-electron chi connectivity index (χ2n) is 4.75. The van der Waals surface area contributed by atoms with Gasteiger partial charge < -0.3 is 10.1 Å². The predicted octanol–water partition coefficient (Wildman–Crippen LogP) is 4.15. The van der Waals surface area contributed by atoms with Crippen LogP contribution < -0.4 is 10.1 Å². The first kappa shape index (κ1) is 14.0. The molecule has 100 valence electrons. The number of hydrogen-bond donors (Lipinski definition) is 1. The van der Waals surface area contributed by atoms with E-state index in [4.69, 9.17) is 27.9 Å². The van der Waals surface area contributed by atoms with Crippen LogP contribution in [0.3, 0.4) is 0 Å². The third-order valence-corrected chi connectivity index (χ3v) is 3.98. The van der Waals surface area contributed by atoms with Crippen LogP contribution >= 0.6 is 23.2 Å². The second-order valence-corrected chi connectivity index (χ2v) is 5.56. The largest absolute Gasteiger partial charge is 0.487 e. The number of para-hydroxylation sites is 1. The van der Waals surface area contributed by atoms with E-state index >= 15 is 0 Å². The lowest BCUT2D eigenvalue weighted by atomic mass is 9.97. The smallest absolute Gasteiger partial charge is 0.156 e. The molecule has 1 heterocycles. The van der Waals surface area contributed by atoms with Crippen molar-refractivity contribution in [1.82, 2.24) is 5.32 Å². The first-order valence-corrected chi connectivity index (χ1v) is 7.29. The predicted molar refractivity (Wildman–Crippen MR) is 76.8 cm³/mol. The minimum atomic E-state index is 0.197. The highest BCUT2D eigenvalue weighted by atomic mass is 35.5. The molecule has 4 heteroatoms. The summed E-state index contributed by atoms with van der Waals surface area (Å²) in [5.74, 6) is 1.18. The van der Waals surface area contributed by atoms with E-state index in [0.29, 0.717) is 21.7 Å². The molecule has 0 aromatic heterocycles. The Labute approximate surface area is 119 Å². The summed E-state index contributed by atoms with van der Waals surface area (Å²) in [5.41, 5.74) is 0. The molecular weight excluding hydrogens is 269 g/mol. The highest BCUT2D eigenvalue weighted by molar-refractivity contribution is 6.37. The normalized spacial score (nSPS) is 20.9. The lowest BCUT2D eigenvalue weighted by Crippen LogP contribution is -2.28. The molecule has 0 bridgehead atoms. The maximum atomic E-state index is 6.16. The molecule has 1 aliphatic rings. The average molecular weight is 288 g/mol. The maximum absolute atomic E-state index is 6.16. The lowest BCUT2D eigenvalue weighted by molar-refractivity contribution is 0.132. The zero-order chi connectivity index (χ0) is 13.0. The number of benzene rings is 1. The zero-order valence-electron chi connectivity index (χ0n) is 10.6. The number of hydrogen-bond acceptors (Lipinski definition) is 2. The molecule has 0 amide bonds. The Kier molecular flexibility index (Phi) is 5.16. The van der Waals surface area contributed by atoms with Gasteiger partial charge in [0.05, 0.1) is 10.0 Å². The van der Waals surface area contributed by atoms with E-state index in [9.17, 15) is 0 Å². The zero-order valence-corrected chi connectivity index (χ0v) is 12.1. The van der Waals surface area contributed by atoms with Gasteiger partial charge in [-0.2, -0.15) is 0 Å². The van der Waals surface area contributed by atoms with E-state index in [-0.39, 0.29) is 6.10 Å². The van der Waals surface area contributed by atoms with E-state index in [2.05, 4.69) is 12.2 Å². The minimum absolute atomic E-state index is 0.197. The Balaban J connectivity index is 2.12. The lowest BCUT2D eigenvalue weighted by Gasteiger charge is -2.25. The molecular formula is C14H19Cl2NO. The number of rotatable bonds is 5. The van der Waals surface area contributed by atoms with Gasteiger partial charge in [0.2, 0.25) is 0 Å². The van der Waals surface area contributed by atoms with Crippen LogP contribution in [0, 0.1) is 5.92 Å². The van der Waals surface area contributed by atoms with E-state index < -0.39 is 0 Å². The molecule has 18 heavy (non-hydrogen) atoms. The highest BCUT2D eigenvalue weighted by Crippen LogP contribution is 2.35. The summed E-state index contributed by atoms with van der Waals surface area (Å²) in [6, 6.07) is 5.47. The minimum Gasteiger partial charge on any atom is -0.487 e. The quantitative estimate of drug-likeness (QED) is 0.878. The van der Waals surface area contributed by atoms with E-state index in [1.807, 2.05) is 18.2 Å². The summed E-state index contributed by atoms with van der Waals surface area (Å²) in [5, 5.41) is 4.56. The molecule has 0 spiro atoms. The van der Waals surface area contributed by atoms with E-state index in [0.717, 1.165) is 32.4 Å². The van der Waals surface area contributed by atoms with Crippen LogP contribution in [0.5, 0.6) is 5.75 Å². The van der Waals surface area contributed by atoms with Gasteiger partial charge in [0, 0.05) is 12.5 Å². The maximum Gasteiger partial charge on any atom is 0.156 e. The molecule has 1 unspecified atom stereocenters. The van der Waals surface area contributed by atoms with Crippen molar-refractivity contribution >= 4 is 23.2 Å². The summed E-state index contributed by atoms with van der Waals surface area (Å²) in [6.45, 7) is 4.27. The van der Waals surface area contributed by atoms with Gasteiger partial charge in [-0.05, 0) is 31.5 Å². The fraction of sp³-hybridized carbons (Fsp3) is 0.571. The molecule has 1 N–H and O–H groups in total. The van der Waals surface area contributed by atoms with Crippen LogP contribution in [0.25, 0.3) is 0 Å². The van der Waals surface area contributed by atoms with Gasteiger partial charge in [-0.3, -0.25) is 0 Å². The first-order chi connectivity index (χ1) is 8.72. The van der Waals surface area contributed by atoms with Gasteiger partial charge in [-0.15, -0.1) is 0 Å². The fourth-order valence-corrected chi connectivity index (χ4v) is 2.90. The standard InChI is InChI=1S/C14H19Cl2NO/c1-2-4-13(10-7-8-17-9-10)18-14-11(15)5-3-6-12(14)16/h3,5-6,10,13,17H,2,4,7-9H2,1H3/t10?,13-/m1/s1. The van der Waals surface area contributed by atoms with Crippen LogP contribution in [-0.4, -0.2) is 19.2 Å². The Morgan fingerprint density at radius 1 is 1.39 bits per heavy atom. The van der Waals surface area contributed by atoms with Crippen LogP contribution in [0.1, 0.15) is 26.2 Å². The molecule has 2 rings (SSSR count). The molecule has 0 aliphatic carbocycles. The Hall–Kier alpha value is -0.440. The van der Waals surface area contributed by atoms with Gasteiger partial charge in [-0.1, -0.05) is 42.6 Å². The summed E-state index contributed by atoms with van der Waals surface area (Å²) in [7, 11) is 0. The highest BCUT2D eigenvalue weighted by Gasteiger charge is 2.26. The van der Waals surface area contributed by atoms with Crippen molar-refractivity contribution in [2.24, 2.45) is 5.92 Å². The van der Waals surface area contributed by atoms with Crippen molar-refractivity contribution in [3.05, 3.63) is 28.2 Å². The van der Waals surface area contributed by atoms with Gasteiger partial charge in [-0.25, -0.2) is 0 Å². The molecule has 1 saturated heterocycles. The monoisotopic (exact) mass is 287 g/mol. The molecule has 0 saturated carbocycles. The first-order valence-electron chi connectivity index (χ1n) is 6.53. The van der Waals surface area contributed by atoms with E-state index in [1.165, 1.54) is 0 Å². The summed E-state index contributed by atoms with van der Waals surface area (Å²) in [6.07, 6.45) is 3.49. The van der Waals surface area contributed by atoms with Gasteiger partial charge >= 0.3 is 0 Å². The molecule has 1 fully saturated rings. The van der Waals surface area contributed by atoms with Crippen LogP contribution in [0.15, 0.2) is 18.2 Å². The van der Waals surface area contributed by atoms with E-state index in [1.54, 1.807) is 0 Å². The van der Waals surface area contributed by atoms with Gasteiger partial charge in [0.25, 0.3) is 0 Å². The van der Waals surface area contributed by atoms with Crippen LogP contribution in [-0.2, 0) is 0 Å². The van der Waals surface area contributed by atoms with Gasteiger partial charge in [0.1, 0.15) is 6.10 Å². The van der Waals surface area contributed by atoms with Crippen molar-refractivity contribution < 1.29 is 4.74 Å². The Bertz CT molecular complexity index is 371. The van der Waals surface area contributed by atoms with Crippen molar-refractivity contribution in [3.63, 3.8) is 0 Å². The van der Waals surface area contributed by atoms with Gasteiger partial charge in [0.15, 0.2) is 5.75 Å². The SMILES string of the molecule is CCC[C@@H](Oc1c(Cl)cccc1Cl)C1CCNC1. The van der Waals surface area contributed by atoms with Crippen molar-refractivity contribution in [2.75, 3.05) is 13.1 Å². The summed E-state index contributed by atoms with van der Waals surface area (Å²) in [4.78, 5) is 0. The summed E-state index contributed by atoms with van der Waals surface area (Å²) < 4.78 is 6.10. The number of nitrogens with one attached hydrogen (secondary N) is 1. The van der Waals surface area contributed by atoms with Crippen molar-refractivity contribution in [1.29, 1.82) is 0 Å². The Morgan fingerprint density at radius 2 is 2.11 bits per heavy atom. The molecule has 1 aromatic rings. The third-order valence-electron chi connectivity index (χ3n) is 3.39. The third kappa shape index (κ3) is 3.31. The molecule has 1 aliphatic heterocycles. The Morgan fingerprint density at radius 3 is 2.67 bits per heavy atom. The molecule has 2 nitrogen and oxygen atoms in total. The topological polar surface area (TPSA) is 21.3 Å². The van der Waals surface area contributed by atoms with Crippen molar-refractivity contribution in [3.8, 4) is 5.75 Å². The molecule has 0 radical (unpaired) electrons. The number of halogens is 2. The van der Waals surface area contributed by atoms with Crippen LogP contribution in [0.4, 0.5) is 0 Å². The van der Waals surface area contributed by atoms with Crippen molar-refractivity contribution in [2.45, 2.75) is 32.3 Å². The summed E-state index contributed by atoms with van der Waals surface area (Å²) >= 11 is 12.3. The second kappa shape index (κ2) is 6.65. The average Bonchev–Trinajstić information content (AvgIpc) is 2.86. The molecule has 2 atom stereocenters. The van der Waals surface area contributed by atoms with Crippen LogP contribution in [0.2, 0.25) is 10.0 Å².